The lowest BCUT2D eigenvalue weighted by molar-refractivity contribution is 0.590. The first-order chi connectivity index (χ1) is 28.9. The maximum atomic E-state index is 2.68. The number of fused-ring (bicyclic) bond motifs is 9. The molecule has 9 aromatic carbocycles. The zero-order chi connectivity index (χ0) is 39.4. The van der Waals surface area contributed by atoms with E-state index in [1.807, 2.05) is 0 Å². The quantitative estimate of drug-likeness (QED) is 0.163. The van der Waals surface area contributed by atoms with Gasteiger partial charge in [0.25, 0.3) is 0 Å². The molecule has 1 aromatic heterocycles. The van der Waals surface area contributed by atoms with Crippen LogP contribution in [0.1, 0.15) is 26.3 Å². The van der Waals surface area contributed by atoms with E-state index in [1.54, 1.807) is 0 Å². The van der Waals surface area contributed by atoms with Gasteiger partial charge in [0, 0.05) is 38.8 Å². The van der Waals surface area contributed by atoms with Gasteiger partial charge in [-0.3, -0.25) is 0 Å². The molecule has 0 atom stereocenters. The zero-order valence-electron chi connectivity index (χ0n) is 33.4. The van der Waals surface area contributed by atoms with E-state index in [0.29, 0.717) is 0 Å². The Kier molecular flexibility index (Phi) is 7.32. The molecule has 3 heteroatoms. The third-order valence-electron chi connectivity index (χ3n) is 12.9. The van der Waals surface area contributed by atoms with Gasteiger partial charge in [0.05, 0.1) is 11.0 Å². The summed E-state index contributed by atoms with van der Waals surface area (Å²) < 4.78 is 2.60. The highest BCUT2D eigenvalue weighted by Crippen LogP contribution is 2.49. The molecule has 0 aliphatic carbocycles. The maximum Gasteiger partial charge on any atom is 0.333 e. The Labute approximate surface area is 345 Å². The summed E-state index contributed by atoms with van der Waals surface area (Å²) in [6.07, 6.45) is 0. The molecule has 2 aliphatic rings. The summed E-state index contributed by atoms with van der Waals surface area (Å²) in [6.45, 7) is 6.80. The van der Waals surface area contributed by atoms with Gasteiger partial charge in [-0.2, -0.15) is 0 Å². The van der Waals surface area contributed by atoms with Crippen LogP contribution >= 0.6 is 0 Å². The molecule has 2 nitrogen and oxygen atoms in total. The Balaban J connectivity index is 1.26. The Morgan fingerprint density at radius 3 is 1.73 bits per heavy atom. The fourth-order valence-corrected chi connectivity index (χ4v) is 10.1. The Morgan fingerprint density at radius 1 is 0.441 bits per heavy atom. The van der Waals surface area contributed by atoms with Crippen molar-refractivity contribution in [2.24, 2.45) is 0 Å². The number of nitrogens with zero attached hydrogens (tertiary/aromatic N) is 2. The topological polar surface area (TPSA) is 8.17 Å². The normalized spacial score (nSPS) is 12.9. The number of hydrogen-bond acceptors (Lipinski definition) is 1. The average molecular weight is 753 g/mol. The molecular weight excluding hydrogens is 711 g/mol. The fourth-order valence-electron chi connectivity index (χ4n) is 10.1. The van der Waals surface area contributed by atoms with E-state index >= 15 is 0 Å². The number of aromatic nitrogens is 1. The highest BCUT2D eigenvalue weighted by molar-refractivity contribution is 6.94. The van der Waals surface area contributed by atoms with E-state index < -0.39 is 0 Å². The van der Waals surface area contributed by atoms with Crippen molar-refractivity contribution >= 4 is 61.7 Å². The van der Waals surface area contributed by atoms with Crippen LogP contribution in [0.4, 0.5) is 11.4 Å². The van der Waals surface area contributed by atoms with Gasteiger partial charge in [-0.1, -0.05) is 172 Å². The van der Waals surface area contributed by atoms with Crippen LogP contribution in [0.3, 0.4) is 0 Å². The molecule has 0 unspecified atom stereocenters. The molecule has 59 heavy (non-hydrogen) atoms. The number of rotatable bonds is 4. The molecule has 12 rings (SSSR count). The smallest absolute Gasteiger partial charge is 0.333 e. The zero-order valence-corrected chi connectivity index (χ0v) is 33.4. The summed E-state index contributed by atoms with van der Waals surface area (Å²) in [6, 6.07) is 72.7. The lowest BCUT2D eigenvalue weighted by Crippen LogP contribution is -2.60. The highest BCUT2D eigenvalue weighted by Gasteiger charge is 2.45. The average Bonchev–Trinajstić information content (AvgIpc) is 3.62. The predicted octanol–water partition coefficient (Wildman–Crippen LogP) is 13.5. The number of anilines is 2. The van der Waals surface area contributed by atoms with Crippen LogP contribution in [0.15, 0.2) is 194 Å². The summed E-state index contributed by atoms with van der Waals surface area (Å²) in [5.74, 6) is 0. The van der Waals surface area contributed by atoms with Crippen molar-refractivity contribution in [2.75, 3.05) is 4.81 Å². The lowest BCUT2D eigenvalue weighted by atomic mass is 9.43. The fraction of sp³-hybridized carbons (Fsp3) is 0.0714. The van der Waals surface area contributed by atoms with Crippen molar-refractivity contribution in [1.29, 1.82) is 0 Å². The van der Waals surface area contributed by atoms with Crippen molar-refractivity contribution in [3.8, 4) is 50.2 Å². The van der Waals surface area contributed by atoms with Gasteiger partial charge in [0.1, 0.15) is 0 Å². The van der Waals surface area contributed by atoms with Crippen molar-refractivity contribution in [2.45, 2.75) is 26.2 Å². The number of benzene rings is 9. The highest BCUT2D eigenvalue weighted by atomic mass is 15.1. The molecule has 2 aliphatic heterocycles. The van der Waals surface area contributed by atoms with Crippen molar-refractivity contribution < 1.29 is 0 Å². The van der Waals surface area contributed by atoms with Crippen molar-refractivity contribution in [3.63, 3.8) is 0 Å². The molecular formula is C56H41BN2. The van der Waals surface area contributed by atoms with Gasteiger partial charge in [0.15, 0.2) is 0 Å². The first-order valence-electron chi connectivity index (χ1n) is 20.8. The number of hydrogen-bond donors (Lipinski definition) is 0. The van der Waals surface area contributed by atoms with Crippen molar-refractivity contribution in [3.05, 3.63) is 200 Å². The molecule has 0 N–H and O–H groups in total. The third kappa shape index (κ3) is 5.14. The standard InChI is InChI=1S/C56H41BN2/c1-56(2,3)43-25-27-44(28-26-43)59-54-45-22-14-13-21-39(45)23-29-46(54)48-32-42(38-19-11-6-12-20-38)35-52-53(48)57(59)50-34-41(37-17-9-5-10-18-37)33-49-47-31-40(36-15-7-4-8-16-36)24-30-51(47)58(52)55(49)50/h4-35H,1-3H3. The molecule has 278 valence electrons. The molecule has 0 saturated carbocycles. The van der Waals surface area contributed by atoms with Crippen LogP contribution < -0.4 is 15.7 Å². The summed E-state index contributed by atoms with van der Waals surface area (Å²) in [5, 5.41) is 5.04. The minimum absolute atomic E-state index is 0.0409. The van der Waals surface area contributed by atoms with Crippen LogP contribution in [0.5, 0.6) is 0 Å². The molecule has 0 radical (unpaired) electrons. The minimum atomic E-state index is -0.0971. The van der Waals surface area contributed by atoms with Crippen molar-refractivity contribution in [1.82, 2.24) is 4.57 Å². The second kappa shape index (κ2) is 12.7. The molecule has 0 spiro atoms. The summed E-state index contributed by atoms with van der Waals surface area (Å²) in [4.78, 5) is 2.68. The van der Waals surface area contributed by atoms with E-state index in [-0.39, 0.29) is 12.3 Å². The maximum absolute atomic E-state index is 2.68. The van der Waals surface area contributed by atoms with Crippen LogP contribution in [0.2, 0.25) is 0 Å². The van der Waals surface area contributed by atoms with Gasteiger partial charge < -0.3 is 9.38 Å². The molecule has 0 amide bonds. The van der Waals surface area contributed by atoms with Gasteiger partial charge in [-0.25, -0.2) is 0 Å². The van der Waals surface area contributed by atoms with Crippen LogP contribution in [0.25, 0.3) is 82.8 Å². The third-order valence-corrected chi connectivity index (χ3v) is 12.9. The lowest BCUT2D eigenvalue weighted by Gasteiger charge is -2.43. The van der Waals surface area contributed by atoms with Gasteiger partial charge in [-0.05, 0) is 109 Å². The summed E-state index contributed by atoms with van der Waals surface area (Å²) >= 11 is 0. The summed E-state index contributed by atoms with van der Waals surface area (Å²) in [7, 11) is 0. The second-order valence-electron chi connectivity index (χ2n) is 17.3. The Morgan fingerprint density at radius 2 is 1.05 bits per heavy atom. The van der Waals surface area contributed by atoms with E-state index in [1.165, 1.54) is 111 Å². The minimum Gasteiger partial charge on any atom is -0.376 e. The van der Waals surface area contributed by atoms with Gasteiger partial charge in [-0.15, -0.1) is 0 Å². The molecule has 0 bridgehead atoms. The van der Waals surface area contributed by atoms with E-state index in [4.69, 9.17) is 0 Å². The molecule has 10 aromatic rings. The predicted molar refractivity (Wildman–Crippen MR) is 252 cm³/mol. The van der Waals surface area contributed by atoms with E-state index in [2.05, 4.69) is 224 Å². The molecule has 0 saturated heterocycles. The summed E-state index contributed by atoms with van der Waals surface area (Å²) in [5.41, 5.74) is 20.1. The van der Waals surface area contributed by atoms with E-state index in [9.17, 15) is 0 Å². The van der Waals surface area contributed by atoms with Gasteiger partial charge in [0.2, 0.25) is 0 Å². The monoisotopic (exact) mass is 752 g/mol. The Bertz CT molecular complexity index is 3280. The van der Waals surface area contributed by atoms with Crippen LogP contribution in [-0.4, -0.2) is 11.4 Å². The van der Waals surface area contributed by atoms with Crippen LogP contribution in [-0.2, 0) is 5.41 Å². The van der Waals surface area contributed by atoms with E-state index in [0.717, 1.165) is 0 Å². The first-order valence-corrected chi connectivity index (χ1v) is 20.8. The molecule has 0 fully saturated rings. The SMILES string of the molecule is CC(C)(C)c1ccc(N2B3c4c(cc(-c5ccccc5)cc4-n4c5ccc(-c6ccccc6)cc5c5cc(-c6ccccc6)cc3c54)-c3ccc4ccccc4c32)cc1. The largest absolute Gasteiger partial charge is 0.376 e. The first kappa shape index (κ1) is 34.0. The second-order valence-corrected chi connectivity index (χ2v) is 17.3. The van der Waals surface area contributed by atoms with Gasteiger partial charge >= 0.3 is 6.85 Å². The van der Waals surface area contributed by atoms with Crippen LogP contribution in [0, 0.1) is 0 Å². The Hall–Kier alpha value is -7.10. The molecule has 3 heterocycles.